The maximum atomic E-state index is 13.6. The van der Waals surface area contributed by atoms with Crippen molar-refractivity contribution in [3.63, 3.8) is 0 Å². The van der Waals surface area contributed by atoms with Crippen LogP contribution in [0.5, 0.6) is 0 Å². The summed E-state index contributed by atoms with van der Waals surface area (Å²) in [7, 11) is 0. The standard InChI is InChI=1S/C21H22FIN2O3/c1-13-11-25(12-14(2)28-13)21(27)16-5-3-15(4-6-16)10-24-20(26)17-7-8-19(23)18(22)9-17/h3-9,13-14H,10-12H2,1-2H3,(H,24,26). The second kappa shape index (κ2) is 9.00. The van der Waals surface area contributed by atoms with E-state index in [1.54, 1.807) is 29.2 Å². The molecular formula is C21H22FIN2O3. The van der Waals surface area contributed by atoms with Crippen molar-refractivity contribution in [2.75, 3.05) is 13.1 Å². The van der Waals surface area contributed by atoms with Crippen LogP contribution in [0.3, 0.4) is 0 Å². The van der Waals surface area contributed by atoms with E-state index in [-0.39, 0.29) is 29.6 Å². The van der Waals surface area contributed by atoms with Gasteiger partial charge < -0.3 is 15.0 Å². The van der Waals surface area contributed by atoms with Gasteiger partial charge in [-0.2, -0.15) is 0 Å². The summed E-state index contributed by atoms with van der Waals surface area (Å²) in [5.74, 6) is -0.776. The molecule has 0 aliphatic carbocycles. The number of ether oxygens (including phenoxy) is 1. The van der Waals surface area contributed by atoms with Gasteiger partial charge in [-0.3, -0.25) is 9.59 Å². The molecule has 2 atom stereocenters. The van der Waals surface area contributed by atoms with Crippen LogP contribution in [0.2, 0.25) is 0 Å². The van der Waals surface area contributed by atoms with E-state index in [0.717, 1.165) is 5.56 Å². The van der Waals surface area contributed by atoms with Crippen molar-refractivity contribution < 1.29 is 18.7 Å². The maximum Gasteiger partial charge on any atom is 0.254 e. The number of carbonyl (C=O) groups is 2. The van der Waals surface area contributed by atoms with E-state index in [0.29, 0.717) is 28.8 Å². The Morgan fingerprint density at radius 3 is 2.32 bits per heavy atom. The smallest absolute Gasteiger partial charge is 0.254 e. The van der Waals surface area contributed by atoms with E-state index in [9.17, 15) is 14.0 Å². The van der Waals surface area contributed by atoms with Crippen molar-refractivity contribution >= 4 is 34.4 Å². The molecule has 1 saturated heterocycles. The fourth-order valence-electron chi connectivity index (χ4n) is 3.21. The molecule has 1 aliphatic heterocycles. The number of amides is 2. The van der Waals surface area contributed by atoms with Crippen LogP contribution in [-0.2, 0) is 11.3 Å². The summed E-state index contributed by atoms with van der Waals surface area (Å²) in [5.41, 5.74) is 1.75. The molecule has 3 rings (SSSR count). The molecule has 2 aromatic rings. The van der Waals surface area contributed by atoms with Gasteiger partial charge in [0, 0.05) is 34.3 Å². The first kappa shape index (κ1) is 20.7. The molecule has 1 N–H and O–H groups in total. The average molecular weight is 496 g/mol. The number of carbonyl (C=O) groups excluding carboxylic acids is 2. The fourth-order valence-corrected chi connectivity index (χ4v) is 3.55. The zero-order chi connectivity index (χ0) is 20.3. The normalized spacial score (nSPS) is 19.4. The van der Waals surface area contributed by atoms with E-state index in [1.165, 1.54) is 6.07 Å². The van der Waals surface area contributed by atoms with Gasteiger partial charge in [-0.05, 0) is 72.3 Å². The summed E-state index contributed by atoms with van der Waals surface area (Å²) >= 11 is 1.88. The first-order valence-electron chi connectivity index (χ1n) is 9.10. The Morgan fingerprint density at radius 2 is 1.71 bits per heavy atom. The number of benzene rings is 2. The van der Waals surface area contributed by atoms with Crippen molar-refractivity contribution in [3.8, 4) is 0 Å². The first-order chi connectivity index (χ1) is 13.3. The molecule has 28 heavy (non-hydrogen) atoms. The third-order valence-electron chi connectivity index (χ3n) is 4.54. The minimum atomic E-state index is -0.414. The van der Waals surface area contributed by atoms with Crippen LogP contribution in [-0.4, -0.2) is 42.0 Å². The van der Waals surface area contributed by atoms with Crippen LogP contribution in [0.1, 0.15) is 40.1 Å². The number of morpholine rings is 1. The Kier molecular flexibility index (Phi) is 6.66. The molecular weight excluding hydrogens is 474 g/mol. The Balaban J connectivity index is 1.59. The Bertz CT molecular complexity index is 862. The van der Waals surface area contributed by atoms with E-state index >= 15 is 0 Å². The van der Waals surface area contributed by atoms with E-state index in [1.807, 2.05) is 48.6 Å². The zero-order valence-electron chi connectivity index (χ0n) is 15.7. The van der Waals surface area contributed by atoms with Crippen LogP contribution in [0.25, 0.3) is 0 Å². The highest BCUT2D eigenvalue weighted by Gasteiger charge is 2.26. The third-order valence-corrected chi connectivity index (χ3v) is 5.42. The van der Waals surface area contributed by atoms with E-state index in [4.69, 9.17) is 4.74 Å². The predicted octanol–water partition coefficient (Wildman–Crippen LogP) is 3.61. The highest BCUT2D eigenvalue weighted by molar-refractivity contribution is 14.1. The molecule has 0 saturated carbocycles. The molecule has 1 heterocycles. The molecule has 1 aliphatic rings. The Morgan fingerprint density at radius 1 is 1.11 bits per heavy atom. The van der Waals surface area contributed by atoms with Gasteiger partial charge in [0.15, 0.2) is 0 Å². The molecule has 7 heteroatoms. The van der Waals surface area contributed by atoms with Crippen molar-refractivity contribution in [1.82, 2.24) is 10.2 Å². The summed E-state index contributed by atoms with van der Waals surface area (Å²) in [5, 5.41) is 2.77. The van der Waals surface area contributed by atoms with Crippen LogP contribution < -0.4 is 5.32 Å². The van der Waals surface area contributed by atoms with Crippen LogP contribution >= 0.6 is 22.6 Å². The topological polar surface area (TPSA) is 58.6 Å². The minimum Gasteiger partial charge on any atom is -0.372 e. The largest absolute Gasteiger partial charge is 0.372 e. The predicted molar refractivity (Wildman–Crippen MR) is 113 cm³/mol. The second-order valence-electron chi connectivity index (χ2n) is 6.98. The lowest BCUT2D eigenvalue weighted by Crippen LogP contribution is -2.48. The molecule has 5 nitrogen and oxygen atoms in total. The Labute approximate surface area is 177 Å². The first-order valence-corrected chi connectivity index (χ1v) is 10.2. The summed E-state index contributed by atoms with van der Waals surface area (Å²) in [4.78, 5) is 26.7. The molecule has 2 unspecified atom stereocenters. The summed E-state index contributed by atoms with van der Waals surface area (Å²) in [6.45, 7) is 5.37. The zero-order valence-corrected chi connectivity index (χ0v) is 17.9. The lowest BCUT2D eigenvalue weighted by atomic mass is 10.1. The monoisotopic (exact) mass is 496 g/mol. The highest BCUT2D eigenvalue weighted by Crippen LogP contribution is 2.16. The van der Waals surface area contributed by atoms with Gasteiger partial charge in [-0.15, -0.1) is 0 Å². The molecule has 0 spiro atoms. The SMILES string of the molecule is CC1CN(C(=O)c2ccc(CNC(=O)c3ccc(I)c(F)c3)cc2)CC(C)O1. The molecule has 2 amide bonds. The van der Waals surface area contributed by atoms with Crippen molar-refractivity contribution in [2.24, 2.45) is 0 Å². The van der Waals surface area contributed by atoms with Crippen molar-refractivity contribution in [2.45, 2.75) is 32.6 Å². The molecule has 148 valence electrons. The lowest BCUT2D eigenvalue weighted by Gasteiger charge is -2.35. The van der Waals surface area contributed by atoms with Gasteiger partial charge in [0.2, 0.25) is 0 Å². The van der Waals surface area contributed by atoms with Crippen LogP contribution in [0.15, 0.2) is 42.5 Å². The van der Waals surface area contributed by atoms with E-state index < -0.39 is 5.82 Å². The quantitative estimate of drug-likeness (QED) is 0.659. The number of nitrogens with one attached hydrogen (secondary N) is 1. The summed E-state index contributed by atoms with van der Waals surface area (Å²) in [6.07, 6.45) is 0.0431. The highest BCUT2D eigenvalue weighted by atomic mass is 127. The van der Waals surface area contributed by atoms with Gasteiger partial charge in [0.25, 0.3) is 11.8 Å². The van der Waals surface area contributed by atoms with Crippen LogP contribution in [0.4, 0.5) is 4.39 Å². The van der Waals surface area contributed by atoms with Gasteiger partial charge in [-0.1, -0.05) is 12.1 Å². The van der Waals surface area contributed by atoms with Crippen molar-refractivity contribution in [1.29, 1.82) is 0 Å². The maximum absolute atomic E-state index is 13.6. The second-order valence-corrected chi connectivity index (χ2v) is 8.14. The summed E-state index contributed by atoms with van der Waals surface area (Å²) in [6, 6.07) is 11.5. The lowest BCUT2D eigenvalue weighted by molar-refractivity contribution is -0.0586. The molecule has 0 aromatic heterocycles. The average Bonchev–Trinajstić information content (AvgIpc) is 2.67. The van der Waals surface area contributed by atoms with Gasteiger partial charge >= 0.3 is 0 Å². The molecule has 0 bridgehead atoms. The van der Waals surface area contributed by atoms with Crippen molar-refractivity contribution in [3.05, 3.63) is 68.5 Å². The number of hydrogen-bond donors (Lipinski definition) is 1. The Hall–Kier alpha value is -2.00. The molecule has 1 fully saturated rings. The number of nitrogens with zero attached hydrogens (tertiary/aromatic N) is 1. The van der Waals surface area contributed by atoms with Crippen LogP contribution in [0, 0.1) is 9.39 Å². The number of hydrogen-bond acceptors (Lipinski definition) is 3. The van der Waals surface area contributed by atoms with Gasteiger partial charge in [0.05, 0.1) is 12.2 Å². The minimum absolute atomic E-state index is 0.0213. The number of rotatable bonds is 4. The third kappa shape index (κ3) is 5.08. The fraction of sp³-hybridized carbons (Fsp3) is 0.333. The van der Waals surface area contributed by atoms with E-state index in [2.05, 4.69) is 5.32 Å². The molecule has 0 radical (unpaired) electrons. The summed E-state index contributed by atoms with van der Waals surface area (Å²) < 4.78 is 19.7. The van der Waals surface area contributed by atoms with Gasteiger partial charge in [-0.25, -0.2) is 4.39 Å². The molecule has 2 aromatic carbocycles. The van der Waals surface area contributed by atoms with Gasteiger partial charge in [0.1, 0.15) is 5.82 Å². The number of halogens is 2.